The highest BCUT2D eigenvalue weighted by molar-refractivity contribution is 5.81. The third kappa shape index (κ3) is 2.08. The van der Waals surface area contributed by atoms with E-state index < -0.39 is 0 Å². The summed E-state index contributed by atoms with van der Waals surface area (Å²) in [6.07, 6.45) is 3.50. The van der Waals surface area contributed by atoms with Gasteiger partial charge in [-0.2, -0.15) is 0 Å². The number of hydrogen-bond donors (Lipinski definition) is 0. The molecule has 3 nitrogen and oxygen atoms in total. The van der Waals surface area contributed by atoms with Gasteiger partial charge in [0.25, 0.3) is 0 Å². The molecule has 2 aromatic rings. The lowest BCUT2D eigenvalue weighted by Gasteiger charge is -2.05. The minimum atomic E-state index is 0.553. The van der Waals surface area contributed by atoms with Crippen LogP contribution in [0.3, 0.4) is 0 Å². The summed E-state index contributed by atoms with van der Waals surface area (Å²) < 4.78 is 7.52. The molecule has 1 aromatic heterocycles. The van der Waals surface area contributed by atoms with E-state index in [1.807, 2.05) is 37.4 Å². The molecule has 0 amide bonds. The van der Waals surface area contributed by atoms with Gasteiger partial charge < -0.3 is 14.1 Å². The molecule has 0 saturated heterocycles. The van der Waals surface area contributed by atoms with Crippen LogP contribution in [0, 0.1) is 0 Å². The van der Waals surface area contributed by atoms with E-state index >= 15 is 0 Å². The maximum absolute atomic E-state index is 10.3. The molecule has 0 spiro atoms. The second-order valence-electron chi connectivity index (χ2n) is 3.62. The fraction of sp³-hybridized carbons (Fsp3) is 0.308. The van der Waals surface area contributed by atoms with Crippen molar-refractivity contribution in [3.05, 3.63) is 30.5 Å². The summed E-state index contributed by atoms with van der Waals surface area (Å²) in [4.78, 5) is 10.3. The zero-order chi connectivity index (χ0) is 11.4. The first-order valence-corrected chi connectivity index (χ1v) is 5.50. The Morgan fingerprint density at radius 2 is 2.25 bits per heavy atom. The molecule has 0 N–H and O–H groups in total. The van der Waals surface area contributed by atoms with Gasteiger partial charge in [-0.25, -0.2) is 0 Å². The lowest BCUT2D eigenvalue weighted by molar-refractivity contribution is -0.108. The Bertz CT molecular complexity index is 488. The first-order valence-electron chi connectivity index (χ1n) is 5.50. The molecule has 0 aliphatic carbocycles. The van der Waals surface area contributed by atoms with Crippen molar-refractivity contribution in [2.24, 2.45) is 0 Å². The summed E-state index contributed by atoms with van der Waals surface area (Å²) in [5.74, 6) is 0.892. The third-order valence-electron chi connectivity index (χ3n) is 2.54. The van der Waals surface area contributed by atoms with Crippen LogP contribution in [0.25, 0.3) is 10.9 Å². The highest BCUT2D eigenvalue weighted by atomic mass is 16.5. The van der Waals surface area contributed by atoms with E-state index in [1.54, 1.807) is 0 Å². The Balaban J connectivity index is 2.30. The van der Waals surface area contributed by atoms with Gasteiger partial charge in [0.05, 0.1) is 6.61 Å². The van der Waals surface area contributed by atoms with Crippen molar-refractivity contribution in [1.82, 2.24) is 4.57 Å². The highest BCUT2D eigenvalue weighted by Crippen LogP contribution is 2.22. The summed E-state index contributed by atoms with van der Waals surface area (Å²) in [6, 6.07) is 8.06. The molecule has 0 aliphatic rings. The Kier molecular flexibility index (Phi) is 3.25. The summed E-state index contributed by atoms with van der Waals surface area (Å²) in [5, 5.41) is 1.15. The summed E-state index contributed by atoms with van der Waals surface area (Å²) in [6.45, 7) is 3.39. The minimum absolute atomic E-state index is 0.553. The molecule has 16 heavy (non-hydrogen) atoms. The maximum Gasteiger partial charge on any atom is 0.121 e. The molecule has 2 rings (SSSR count). The standard InChI is InChI=1S/C13H15NO2/c1-2-16-12-4-5-13-11(10-12)6-8-14(13)7-3-9-15/h4-6,8-10H,2-3,7H2,1H3. The van der Waals surface area contributed by atoms with Crippen LogP contribution in [0.4, 0.5) is 0 Å². The van der Waals surface area contributed by atoms with E-state index in [9.17, 15) is 4.79 Å². The lowest BCUT2D eigenvalue weighted by atomic mass is 10.2. The summed E-state index contributed by atoms with van der Waals surface area (Å²) in [5.41, 5.74) is 1.14. The molecule has 0 radical (unpaired) electrons. The van der Waals surface area contributed by atoms with E-state index in [4.69, 9.17) is 4.74 Å². The number of nitrogens with zero attached hydrogens (tertiary/aromatic N) is 1. The van der Waals surface area contributed by atoms with Crippen LogP contribution in [-0.4, -0.2) is 17.5 Å². The van der Waals surface area contributed by atoms with Gasteiger partial charge in [0, 0.05) is 30.1 Å². The van der Waals surface area contributed by atoms with Gasteiger partial charge in [-0.15, -0.1) is 0 Å². The van der Waals surface area contributed by atoms with Gasteiger partial charge in [-0.05, 0) is 31.2 Å². The van der Waals surface area contributed by atoms with Crippen LogP contribution in [0.1, 0.15) is 13.3 Å². The van der Waals surface area contributed by atoms with Gasteiger partial charge in [-0.3, -0.25) is 0 Å². The number of rotatable bonds is 5. The van der Waals surface area contributed by atoms with Crippen LogP contribution in [0.15, 0.2) is 30.5 Å². The second kappa shape index (κ2) is 4.84. The summed E-state index contributed by atoms with van der Waals surface area (Å²) >= 11 is 0. The fourth-order valence-electron chi connectivity index (χ4n) is 1.82. The van der Waals surface area contributed by atoms with Crippen LogP contribution in [-0.2, 0) is 11.3 Å². The number of aromatic nitrogens is 1. The van der Waals surface area contributed by atoms with Crippen molar-refractivity contribution in [3.8, 4) is 5.75 Å². The van der Waals surface area contributed by atoms with E-state index in [-0.39, 0.29) is 0 Å². The normalized spacial score (nSPS) is 10.6. The van der Waals surface area contributed by atoms with Gasteiger partial charge >= 0.3 is 0 Å². The van der Waals surface area contributed by atoms with Gasteiger partial charge in [0.15, 0.2) is 0 Å². The number of fused-ring (bicyclic) bond motifs is 1. The molecular weight excluding hydrogens is 202 g/mol. The van der Waals surface area contributed by atoms with E-state index in [2.05, 4.69) is 4.57 Å². The van der Waals surface area contributed by atoms with E-state index in [0.717, 1.165) is 29.5 Å². The topological polar surface area (TPSA) is 31.2 Å². The number of aryl methyl sites for hydroxylation is 1. The van der Waals surface area contributed by atoms with E-state index in [0.29, 0.717) is 13.0 Å². The first-order chi connectivity index (χ1) is 7.85. The lowest BCUT2D eigenvalue weighted by Crippen LogP contribution is -1.96. The fourth-order valence-corrected chi connectivity index (χ4v) is 1.82. The van der Waals surface area contributed by atoms with Crippen molar-refractivity contribution >= 4 is 17.2 Å². The predicted octanol–water partition coefficient (Wildman–Crippen LogP) is 2.63. The van der Waals surface area contributed by atoms with Crippen molar-refractivity contribution < 1.29 is 9.53 Å². The number of ether oxygens (including phenoxy) is 1. The summed E-state index contributed by atoms with van der Waals surface area (Å²) in [7, 11) is 0. The van der Waals surface area contributed by atoms with Gasteiger partial charge in [0.1, 0.15) is 12.0 Å². The Hall–Kier alpha value is -1.77. The SMILES string of the molecule is CCOc1ccc2c(ccn2CCC=O)c1. The third-order valence-corrected chi connectivity index (χ3v) is 2.54. The van der Waals surface area contributed by atoms with Crippen LogP contribution in [0.2, 0.25) is 0 Å². The molecule has 0 aliphatic heterocycles. The Morgan fingerprint density at radius 1 is 1.38 bits per heavy atom. The minimum Gasteiger partial charge on any atom is -0.494 e. The molecule has 0 bridgehead atoms. The largest absolute Gasteiger partial charge is 0.494 e. The average Bonchev–Trinajstić information content (AvgIpc) is 2.69. The first kappa shape index (κ1) is 10.7. The second-order valence-corrected chi connectivity index (χ2v) is 3.62. The molecule has 1 aromatic carbocycles. The quantitative estimate of drug-likeness (QED) is 0.721. The zero-order valence-corrected chi connectivity index (χ0v) is 9.35. The number of benzene rings is 1. The molecule has 0 fully saturated rings. The smallest absolute Gasteiger partial charge is 0.121 e. The average molecular weight is 217 g/mol. The predicted molar refractivity (Wildman–Crippen MR) is 63.8 cm³/mol. The Labute approximate surface area is 94.6 Å². The van der Waals surface area contributed by atoms with Crippen LogP contribution >= 0.6 is 0 Å². The van der Waals surface area contributed by atoms with Crippen molar-refractivity contribution in [2.75, 3.05) is 6.61 Å². The molecule has 0 unspecified atom stereocenters. The number of carbonyl (C=O) groups is 1. The highest BCUT2D eigenvalue weighted by Gasteiger charge is 2.02. The Morgan fingerprint density at radius 3 is 3.00 bits per heavy atom. The number of aldehydes is 1. The number of carbonyl (C=O) groups excluding carboxylic acids is 1. The zero-order valence-electron chi connectivity index (χ0n) is 9.35. The van der Waals surface area contributed by atoms with Gasteiger partial charge in [-0.1, -0.05) is 0 Å². The molecule has 84 valence electrons. The monoisotopic (exact) mass is 217 g/mol. The van der Waals surface area contributed by atoms with Crippen molar-refractivity contribution in [2.45, 2.75) is 19.9 Å². The molecule has 0 atom stereocenters. The van der Waals surface area contributed by atoms with E-state index in [1.165, 1.54) is 0 Å². The van der Waals surface area contributed by atoms with Crippen LogP contribution < -0.4 is 4.74 Å². The molecule has 0 saturated carbocycles. The molecule has 1 heterocycles. The molecule has 3 heteroatoms. The van der Waals surface area contributed by atoms with Crippen LogP contribution in [0.5, 0.6) is 5.75 Å². The number of hydrogen-bond acceptors (Lipinski definition) is 2. The van der Waals surface area contributed by atoms with Crippen molar-refractivity contribution in [3.63, 3.8) is 0 Å². The van der Waals surface area contributed by atoms with Crippen molar-refractivity contribution in [1.29, 1.82) is 0 Å². The maximum atomic E-state index is 10.3. The molecular formula is C13H15NO2. The van der Waals surface area contributed by atoms with Gasteiger partial charge in [0.2, 0.25) is 0 Å².